The Morgan fingerprint density at radius 1 is 1.15 bits per heavy atom. The summed E-state index contributed by atoms with van der Waals surface area (Å²) in [4.78, 5) is 16.8. The fraction of sp³-hybridized carbons (Fsp3) is 0.350. The molecule has 0 saturated carbocycles. The summed E-state index contributed by atoms with van der Waals surface area (Å²) in [6.45, 7) is 4.81. The Balaban J connectivity index is 0.00000210. The second-order valence-electron chi connectivity index (χ2n) is 6.82. The van der Waals surface area contributed by atoms with Gasteiger partial charge in [-0.15, -0.1) is 12.4 Å². The second-order valence-corrected chi connectivity index (χ2v) is 7.23. The molecule has 4 rings (SSSR count). The molecule has 7 heteroatoms. The van der Waals surface area contributed by atoms with Crippen molar-refractivity contribution in [1.82, 2.24) is 9.80 Å². The van der Waals surface area contributed by atoms with E-state index in [9.17, 15) is 9.18 Å². The van der Waals surface area contributed by atoms with Crippen molar-refractivity contribution >= 4 is 35.6 Å². The normalized spacial score (nSPS) is 16.4. The highest BCUT2D eigenvalue weighted by Gasteiger charge is 2.24. The molecular formula is C20H22Cl2FN3O. The van der Waals surface area contributed by atoms with Crippen molar-refractivity contribution in [2.75, 3.05) is 38.0 Å². The fourth-order valence-corrected chi connectivity index (χ4v) is 3.97. The molecule has 1 saturated heterocycles. The number of fused-ring (bicyclic) bond motifs is 1. The van der Waals surface area contributed by atoms with Crippen LogP contribution in [0.2, 0.25) is 5.02 Å². The van der Waals surface area contributed by atoms with E-state index >= 15 is 0 Å². The summed E-state index contributed by atoms with van der Waals surface area (Å²) in [7, 11) is 0. The molecule has 2 aliphatic rings. The van der Waals surface area contributed by atoms with Crippen LogP contribution in [0.1, 0.15) is 21.5 Å². The molecule has 1 amide bonds. The first-order chi connectivity index (χ1) is 12.6. The number of benzene rings is 2. The van der Waals surface area contributed by atoms with E-state index in [1.807, 2.05) is 0 Å². The summed E-state index contributed by atoms with van der Waals surface area (Å²) < 4.78 is 13.2. The SMILES string of the molecule is Cl.O=C(c1ccc(F)cc1Cl)N1CCN(Cc2cccc3c2NCC3)CC1. The zero-order chi connectivity index (χ0) is 18.1. The number of anilines is 1. The molecule has 27 heavy (non-hydrogen) atoms. The highest BCUT2D eigenvalue weighted by Crippen LogP contribution is 2.28. The van der Waals surface area contributed by atoms with Crippen molar-refractivity contribution < 1.29 is 9.18 Å². The molecular weight excluding hydrogens is 388 g/mol. The van der Waals surface area contributed by atoms with Gasteiger partial charge in [0.15, 0.2) is 0 Å². The van der Waals surface area contributed by atoms with Crippen molar-refractivity contribution in [2.45, 2.75) is 13.0 Å². The minimum atomic E-state index is -0.430. The zero-order valence-corrected chi connectivity index (χ0v) is 16.5. The van der Waals surface area contributed by atoms with Gasteiger partial charge in [-0.3, -0.25) is 9.69 Å². The molecule has 2 aromatic rings. The molecule has 0 unspecified atom stereocenters. The Morgan fingerprint density at radius 3 is 2.67 bits per heavy atom. The van der Waals surface area contributed by atoms with Gasteiger partial charge in [-0.05, 0) is 35.7 Å². The third-order valence-corrected chi connectivity index (χ3v) is 5.46. The number of hydrogen-bond acceptors (Lipinski definition) is 3. The number of amides is 1. The van der Waals surface area contributed by atoms with Gasteiger partial charge in [0, 0.05) is 45.0 Å². The van der Waals surface area contributed by atoms with Crippen molar-refractivity contribution in [1.29, 1.82) is 0 Å². The molecule has 1 N–H and O–H groups in total. The van der Waals surface area contributed by atoms with Crippen LogP contribution in [0.25, 0.3) is 0 Å². The van der Waals surface area contributed by atoms with Gasteiger partial charge in [0.05, 0.1) is 10.6 Å². The van der Waals surface area contributed by atoms with E-state index in [1.54, 1.807) is 4.90 Å². The molecule has 0 radical (unpaired) electrons. The van der Waals surface area contributed by atoms with E-state index in [2.05, 4.69) is 28.4 Å². The number of nitrogens with one attached hydrogen (secondary N) is 1. The Labute approximate surface area is 169 Å². The van der Waals surface area contributed by atoms with Gasteiger partial charge < -0.3 is 10.2 Å². The molecule has 1 fully saturated rings. The molecule has 0 atom stereocenters. The number of carbonyl (C=O) groups excluding carboxylic acids is 1. The van der Waals surface area contributed by atoms with E-state index in [0.29, 0.717) is 18.7 Å². The monoisotopic (exact) mass is 409 g/mol. The first-order valence-corrected chi connectivity index (χ1v) is 9.31. The van der Waals surface area contributed by atoms with Crippen LogP contribution in [-0.2, 0) is 13.0 Å². The van der Waals surface area contributed by atoms with E-state index < -0.39 is 5.82 Å². The molecule has 144 valence electrons. The van der Waals surface area contributed by atoms with Crippen LogP contribution in [0.3, 0.4) is 0 Å². The summed E-state index contributed by atoms with van der Waals surface area (Å²) in [5.41, 5.74) is 4.36. The minimum absolute atomic E-state index is 0. The maximum atomic E-state index is 13.2. The van der Waals surface area contributed by atoms with Gasteiger partial charge >= 0.3 is 0 Å². The number of halogens is 3. The first kappa shape index (κ1) is 19.9. The lowest BCUT2D eigenvalue weighted by atomic mass is 10.1. The average Bonchev–Trinajstić information content (AvgIpc) is 3.12. The highest BCUT2D eigenvalue weighted by atomic mass is 35.5. The van der Waals surface area contributed by atoms with E-state index in [-0.39, 0.29) is 23.3 Å². The number of piperazine rings is 1. The van der Waals surface area contributed by atoms with Crippen molar-refractivity contribution in [2.24, 2.45) is 0 Å². The lowest BCUT2D eigenvalue weighted by molar-refractivity contribution is 0.0629. The molecule has 0 aliphatic carbocycles. The molecule has 0 spiro atoms. The highest BCUT2D eigenvalue weighted by molar-refractivity contribution is 6.33. The molecule has 0 aromatic heterocycles. The largest absolute Gasteiger partial charge is 0.384 e. The van der Waals surface area contributed by atoms with Gasteiger partial charge in [-0.1, -0.05) is 29.8 Å². The van der Waals surface area contributed by atoms with Crippen LogP contribution >= 0.6 is 24.0 Å². The summed E-state index contributed by atoms with van der Waals surface area (Å²) in [6, 6.07) is 10.4. The summed E-state index contributed by atoms with van der Waals surface area (Å²) in [5.74, 6) is -0.558. The number of carbonyl (C=O) groups is 1. The standard InChI is InChI=1S/C20H21ClFN3O.ClH/c21-18-12-16(22)4-5-17(18)20(26)25-10-8-24(9-11-25)13-15-3-1-2-14-6-7-23-19(14)15;/h1-5,12,23H,6-11,13H2;1H. The summed E-state index contributed by atoms with van der Waals surface area (Å²) in [5, 5.41) is 3.65. The lowest BCUT2D eigenvalue weighted by Gasteiger charge is -2.35. The van der Waals surface area contributed by atoms with Crippen LogP contribution in [0.4, 0.5) is 10.1 Å². The van der Waals surface area contributed by atoms with Gasteiger partial charge in [0.2, 0.25) is 0 Å². The maximum absolute atomic E-state index is 13.2. The van der Waals surface area contributed by atoms with Crippen molar-refractivity contribution in [3.63, 3.8) is 0 Å². The molecule has 2 aliphatic heterocycles. The number of rotatable bonds is 3. The summed E-state index contributed by atoms with van der Waals surface area (Å²) >= 11 is 6.03. The van der Waals surface area contributed by atoms with E-state index in [1.165, 1.54) is 35.0 Å². The molecule has 0 bridgehead atoms. The third kappa shape index (κ3) is 4.21. The van der Waals surface area contributed by atoms with Gasteiger partial charge in [0.1, 0.15) is 5.82 Å². The van der Waals surface area contributed by atoms with Gasteiger partial charge in [0.25, 0.3) is 5.91 Å². The Morgan fingerprint density at radius 2 is 1.93 bits per heavy atom. The molecule has 2 aromatic carbocycles. The average molecular weight is 410 g/mol. The van der Waals surface area contributed by atoms with Crippen LogP contribution < -0.4 is 5.32 Å². The first-order valence-electron chi connectivity index (χ1n) is 8.93. The summed E-state index contributed by atoms with van der Waals surface area (Å²) in [6.07, 6.45) is 1.09. The van der Waals surface area contributed by atoms with Crippen molar-refractivity contribution in [3.8, 4) is 0 Å². The fourth-order valence-electron chi connectivity index (χ4n) is 3.73. The van der Waals surface area contributed by atoms with Crippen molar-refractivity contribution in [3.05, 3.63) is 63.9 Å². The van der Waals surface area contributed by atoms with E-state index in [4.69, 9.17) is 11.6 Å². The van der Waals surface area contributed by atoms with Gasteiger partial charge in [-0.2, -0.15) is 0 Å². The van der Waals surface area contributed by atoms with E-state index in [0.717, 1.165) is 32.6 Å². The predicted molar refractivity (Wildman–Crippen MR) is 108 cm³/mol. The smallest absolute Gasteiger partial charge is 0.255 e. The quantitative estimate of drug-likeness (QED) is 0.836. The number of para-hydroxylation sites is 1. The zero-order valence-electron chi connectivity index (χ0n) is 14.9. The predicted octanol–water partition coefficient (Wildman–Crippen LogP) is 3.83. The molecule has 4 nitrogen and oxygen atoms in total. The Hall–Kier alpha value is -1.82. The van der Waals surface area contributed by atoms with Crippen LogP contribution in [0.5, 0.6) is 0 Å². The Bertz CT molecular complexity index is 838. The van der Waals surface area contributed by atoms with Crippen LogP contribution in [0.15, 0.2) is 36.4 Å². The minimum Gasteiger partial charge on any atom is -0.384 e. The third-order valence-electron chi connectivity index (χ3n) is 5.15. The lowest BCUT2D eigenvalue weighted by Crippen LogP contribution is -2.48. The Kier molecular flexibility index (Phi) is 6.25. The maximum Gasteiger partial charge on any atom is 0.255 e. The topological polar surface area (TPSA) is 35.6 Å². The van der Waals surface area contributed by atoms with Crippen LogP contribution in [-0.4, -0.2) is 48.4 Å². The van der Waals surface area contributed by atoms with Crippen LogP contribution in [0, 0.1) is 5.82 Å². The molecule has 2 heterocycles. The number of nitrogens with zero attached hydrogens (tertiary/aromatic N) is 2. The van der Waals surface area contributed by atoms with Gasteiger partial charge in [-0.25, -0.2) is 4.39 Å². The number of hydrogen-bond donors (Lipinski definition) is 1. The second kappa shape index (κ2) is 8.46.